The molecular weight excluding hydrogens is 279 g/mol. The molecule has 0 aliphatic rings. The molecule has 1 aromatic carbocycles. The Morgan fingerprint density at radius 2 is 1.82 bits per heavy atom. The lowest BCUT2D eigenvalue weighted by Gasteiger charge is -2.16. The van der Waals surface area contributed by atoms with Crippen LogP contribution in [-0.4, -0.2) is 20.8 Å². The summed E-state index contributed by atoms with van der Waals surface area (Å²) < 4.78 is 59.1. The molecule has 0 heterocycles. The van der Waals surface area contributed by atoms with E-state index in [4.69, 9.17) is 5.73 Å². The van der Waals surface area contributed by atoms with Crippen LogP contribution in [0.5, 0.6) is 0 Å². The van der Waals surface area contributed by atoms with Gasteiger partial charge in [0.1, 0.15) is 6.04 Å². The summed E-state index contributed by atoms with van der Waals surface area (Å²) in [5.41, 5.74) is 4.70. The van der Waals surface area contributed by atoms with Gasteiger partial charge in [-0.3, -0.25) is 0 Å². The van der Waals surface area contributed by atoms with Crippen LogP contribution in [0.1, 0.15) is 11.6 Å². The molecule has 0 saturated heterocycles. The quantitative estimate of drug-likeness (QED) is 0.907. The fourth-order valence-electron chi connectivity index (χ4n) is 1.13. The van der Waals surface area contributed by atoms with Gasteiger partial charge in [0.15, 0.2) is 9.84 Å². The van der Waals surface area contributed by atoms with Gasteiger partial charge < -0.3 is 5.73 Å². The van der Waals surface area contributed by atoms with Gasteiger partial charge in [0, 0.05) is 6.26 Å². The molecule has 3 nitrogen and oxygen atoms in total. The van der Waals surface area contributed by atoms with Crippen molar-refractivity contribution < 1.29 is 21.6 Å². The Bertz CT molecular complexity index is 487. The predicted molar refractivity (Wildman–Crippen MR) is 59.8 cm³/mol. The molecule has 0 amide bonds. The lowest BCUT2D eigenvalue weighted by Crippen LogP contribution is -2.28. The van der Waals surface area contributed by atoms with Gasteiger partial charge in [-0.25, -0.2) is 8.42 Å². The third kappa shape index (κ3) is 4.18. The Hall–Kier alpha value is -0.790. The molecular formula is C9H11ClF3NO2S. The number of hydrogen-bond donors (Lipinski definition) is 1. The number of sulfone groups is 1. The fraction of sp³-hybridized carbons (Fsp3) is 0.333. The van der Waals surface area contributed by atoms with Crippen molar-refractivity contribution >= 4 is 22.2 Å². The molecule has 2 N–H and O–H groups in total. The van der Waals surface area contributed by atoms with Crippen LogP contribution in [0.4, 0.5) is 13.2 Å². The molecule has 1 rings (SSSR count). The first-order chi connectivity index (χ1) is 7.12. The zero-order valence-electron chi connectivity index (χ0n) is 8.73. The van der Waals surface area contributed by atoms with Crippen LogP contribution in [0.25, 0.3) is 0 Å². The van der Waals surface area contributed by atoms with E-state index in [1.807, 2.05) is 0 Å². The second-order valence-electron chi connectivity index (χ2n) is 3.36. The maximum absolute atomic E-state index is 12.3. The number of hydrogen-bond acceptors (Lipinski definition) is 3. The summed E-state index contributed by atoms with van der Waals surface area (Å²) in [5, 5.41) is 0. The van der Waals surface area contributed by atoms with Gasteiger partial charge in [0.2, 0.25) is 0 Å². The Morgan fingerprint density at radius 3 is 2.24 bits per heavy atom. The highest BCUT2D eigenvalue weighted by atomic mass is 35.5. The molecule has 0 radical (unpaired) electrons. The Labute approximate surface area is 103 Å². The average molecular weight is 290 g/mol. The average Bonchev–Trinajstić information content (AvgIpc) is 2.14. The van der Waals surface area contributed by atoms with Gasteiger partial charge in [-0.1, -0.05) is 12.1 Å². The van der Waals surface area contributed by atoms with Crippen molar-refractivity contribution in [1.82, 2.24) is 0 Å². The fourth-order valence-corrected chi connectivity index (χ4v) is 1.80. The Morgan fingerprint density at radius 1 is 1.29 bits per heavy atom. The lowest BCUT2D eigenvalue weighted by atomic mass is 10.1. The van der Waals surface area contributed by atoms with Crippen molar-refractivity contribution in [1.29, 1.82) is 0 Å². The molecule has 0 fully saturated rings. The Balaban J connectivity index is 0.00000256. The summed E-state index contributed by atoms with van der Waals surface area (Å²) in [6.07, 6.45) is -3.67. The zero-order valence-corrected chi connectivity index (χ0v) is 10.4. The summed E-state index contributed by atoms with van der Waals surface area (Å²) in [7, 11) is -3.53. The smallest absolute Gasteiger partial charge is 0.316 e. The largest absolute Gasteiger partial charge is 0.407 e. The lowest BCUT2D eigenvalue weighted by molar-refractivity contribution is -0.149. The second-order valence-corrected chi connectivity index (χ2v) is 5.38. The minimum atomic E-state index is -4.59. The van der Waals surface area contributed by atoms with Crippen LogP contribution < -0.4 is 5.73 Å². The summed E-state index contributed by atoms with van der Waals surface area (Å²) in [5.74, 6) is 0. The Kier molecular flexibility index (Phi) is 5.00. The molecule has 0 aliphatic carbocycles. The van der Waals surface area contributed by atoms with Crippen molar-refractivity contribution in [3.63, 3.8) is 0 Å². The molecule has 0 bridgehead atoms. The first-order valence-corrected chi connectivity index (χ1v) is 6.14. The molecule has 0 spiro atoms. The van der Waals surface area contributed by atoms with Crippen LogP contribution in [0.3, 0.4) is 0 Å². The zero-order chi connectivity index (χ0) is 12.6. The van der Waals surface area contributed by atoms with Crippen molar-refractivity contribution in [2.45, 2.75) is 17.1 Å². The summed E-state index contributed by atoms with van der Waals surface area (Å²) in [6, 6.07) is 2.37. The number of nitrogens with two attached hydrogens (primary N) is 1. The summed E-state index contributed by atoms with van der Waals surface area (Å²) in [6.45, 7) is 0. The van der Waals surface area contributed by atoms with E-state index in [1.54, 1.807) is 0 Å². The predicted octanol–water partition coefficient (Wildman–Crippen LogP) is 2.07. The van der Waals surface area contributed by atoms with Gasteiger partial charge >= 0.3 is 6.18 Å². The minimum Gasteiger partial charge on any atom is -0.316 e. The van der Waals surface area contributed by atoms with Gasteiger partial charge in [-0.05, 0) is 17.7 Å². The maximum atomic E-state index is 12.3. The third-order valence-electron chi connectivity index (χ3n) is 2.00. The molecule has 98 valence electrons. The first-order valence-electron chi connectivity index (χ1n) is 4.24. The molecule has 0 saturated carbocycles. The van der Waals surface area contributed by atoms with E-state index in [2.05, 4.69) is 0 Å². The van der Waals surface area contributed by atoms with Crippen LogP contribution in [-0.2, 0) is 9.84 Å². The summed E-state index contributed by atoms with van der Waals surface area (Å²) >= 11 is 0. The number of benzene rings is 1. The van der Waals surface area contributed by atoms with Gasteiger partial charge in [-0.15, -0.1) is 12.4 Å². The van der Waals surface area contributed by atoms with Gasteiger partial charge in [0.25, 0.3) is 0 Å². The van der Waals surface area contributed by atoms with E-state index in [0.29, 0.717) is 0 Å². The second kappa shape index (κ2) is 5.24. The van der Waals surface area contributed by atoms with Crippen LogP contribution in [0.2, 0.25) is 0 Å². The van der Waals surface area contributed by atoms with Crippen LogP contribution in [0, 0.1) is 0 Å². The topological polar surface area (TPSA) is 60.2 Å². The number of alkyl halides is 3. The summed E-state index contributed by atoms with van der Waals surface area (Å²) in [4.78, 5) is -0.176. The van der Waals surface area contributed by atoms with Crippen LogP contribution >= 0.6 is 12.4 Å². The molecule has 1 aromatic rings. The van der Waals surface area contributed by atoms with Crippen molar-refractivity contribution in [3.05, 3.63) is 29.8 Å². The first kappa shape index (κ1) is 16.2. The van der Waals surface area contributed by atoms with Crippen molar-refractivity contribution in [3.8, 4) is 0 Å². The molecule has 0 aromatic heterocycles. The van der Waals surface area contributed by atoms with Crippen molar-refractivity contribution in [2.75, 3.05) is 6.26 Å². The number of halogens is 4. The van der Waals surface area contributed by atoms with Crippen LogP contribution in [0.15, 0.2) is 29.2 Å². The van der Waals surface area contributed by atoms with Gasteiger partial charge in [0.05, 0.1) is 4.90 Å². The normalized spacial score (nSPS) is 13.9. The molecule has 1 atom stereocenters. The molecule has 0 aliphatic heterocycles. The molecule has 8 heteroatoms. The van der Waals surface area contributed by atoms with E-state index in [0.717, 1.165) is 18.4 Å². The van der Waals surface area contributed by atoms with E-state index in [-0.39, 0.29) is 22.9 Å². The number of rotatable bonds is 2. The highest BCUT2D eigenvalue weighted by Gasteiger charge is 2.38. The molecule has 17 heavy (non-hydrogen) atoms. The standard InChI is InChI=1S/C9H10F3NO2S.ClH/c1-16(14,15)7-4-2-3-6(5-7)8(13)9(10,11)12;/h2-5,8H,13H2,1H3;1H. The van der Waals surface area contributed by atoms with E-state index in [1.165, 1.54) is 12.1 Å². The third-order valence-corrected chi connectivity index (χ3v) is 3.11. The highest BCUT2D eigenvalue weighted by molar-refractivity contribution is 7.90. The SMILES string of the molecule is CS(=O)(=O)c1cccc(C(N)C(F)(F)F)c1.Cl. The maximum Gasteiger partial charge on any atom is 0.407 e. The minimum absolute atomic E-state index is 0. The van der Waals surface area contributed by atoms with E-state index >= 15 is 0 Å². The molecule has 1 unspecified atom stereocenters. The monoisotopic (exact) mass is 289 g/mol. The van der Waals surface area contributed by atoms with E-state index < -0.39 is 22.1 Å². The van der Waals surface area contributed by atoms with Crippen molar-refractivity contribution in [2.24, 2.45) is 5.73 Å². The highest BCUT2D eigenvalue weighted by Crippen LogP contribution is 2.31. The van der Waals surface area contributed by atoms with E-state index in [9.17, 15) is 21.6 Å². The van der Waals surface area contributed by atoms with Gasteiger partial charge in [-0.2, -0.15) is 13.2 Å².